The van der Waals surface area contributed by atoms with Gasteiger partial charge in [0.2, 0.25) is 5.75 Å². The monoisotopic (exact) mass is 1220 g/mol. The van der Waals surface area contributed by atoms with Crippen LogP contribution < -0.4 is 15.2 Å². The number of hydrogen-bond acceptors (Lipinski definition) is 12. The van der Waals surface area contributed by atoms with Crippen LogP contribution in [0.2, 0.25) is 0 Å². The van der Waals surface area contributed by atoms with Crippen molar-refractivity contribution in [1.82, 2.24) is 4.98 Å². The summed E-state index contributed by atoms with van der Waals surface area (Å²) in [5.74, 6) is -2.62. The number of phenols is 6. The molecule has 0 aliphatic heterocycles. The maximum absolute atomic E-state index is 15.6. The predicted octanol–water partition coefficient (Wildman–Crippen LogP) is 14.4. The van der Waals surface area contributed by atoms with Crippen LogP contribution in [-0.4, -0.2) is 71.1 Å². The highest BCUT2D eigenvalue weighted by Gasteiger charge is 2.76. The Morgan fingerprint density at radius 3 is 2.22 bits per heavy atom. The number of ether oxygens (including phenoxy) is 2. The summed E-state index contributed by atoms with van der Waals surface area (Å²) >= 11 is 0. The summed E-state index contributed by atoms with van der Waals surface area (Å²) in [7, 11) is 0. The van der Waals surface area contributed by atoms with Crippen molar-refractivity contribution in [3.05, 3.63) is 142 Å². The maximum Gasteiger partial charge on any atom is 0.200 e. The maximum atomic E-state index is 15.6. The van der Waals surface area contributed by atoms with Crippen LogP contribution in [0.4, 0.5) is 0 Å². The number of aryl methyl sites for hydroxylation is 1. The number of carbonyl (C=O) groups excluding carboxylic acids is 1. The fourth-order valence-corrected chi connectivity index (χ4v) is 24.4. The molecule has 0 amide bonds. The van der Waals surface area contributed by atoms with Gasteiger partial charge in [-0.25, -0.2) is 0 Å². The number of aromatic hydroxyl groups is 6. The number of ketones is 1. The van der Waals surface area contributed by atoms with Gasteiger partial charge in [-0.1, -0.05) is 74.2 Å². The van der Waals surface area contributed by atoms with Gasteiger partial charge in [0, 0.05) is 59.4 Å². The van der Waals surface area contributed by atoms with Crippen LogP contribution in [0.1, 0.15) is 198 Å². The first kappa shape index (κ1) is 58.4. The molecule has 0 saturated heterocycles. The lowest BCUT2D eigenvalue weighted by Crippen LogP contribution is -2.53. The van der Waals surface area contributed by atoms with Gasteiger partial charge in [0.25, 0.3) is 0 Å². The molecule has 13 atom stereocenters. The summed E-state index contributed by atoms with van der Waals surface area (Å²) in [5.41, 5.74) is 13.6. The SMILES string of the molecule is NCOc1cc(CCC(=O)C2CC(Cc3ccc(O)cc3O)C3CC4CC(C56CCC7(CCC8(C7)CC7(CCCC7)C7(CCCC7)C8CO)C5c5cc[nH]c5-c5ccccc56)C(c5cc(O)c(O)c(OC6(c7cccc(O)c7)CCCC6)c54)C3C2O)ccc1O. The second-order valence-corrected chi connectivity index (χ2v) is 30.7. The van der Waals surface area contributed by atoms with E-state index in [1.54, 1.807) is 48.5 Å². The number of benzene rings is 5. The fourth-order valence-electron chi connectivity index (χ4n) is 24.4. The molecule has 17 rings (SSSR count). The molecule has 11 aliphatic rings. The second kappa shape index (κ2) is 21.5. The lowest BCUT2D eigenvalue weighted by Gasteiger charge is -2.57. The average Bonchev–Trinajstić information content (AvgIpc) is 1.47. The van der Waals surface area contributed by atoms with Gasteiger partial charge in [-0.05, 0) is 261 Å². The normalized spacial score (nSPS) is 33.5. The van der Waals surface area contributed by atoms with Crippen molar-refractivity contribution in [3.8, 4) is 57.3 Å². The van der Waals surface area contributed by atoms with E-state index in [4.69, 9.17) is 15.2 Å². The zero-order chi connectivity index (χ0) is 61.7. The Morgan fingerprint density at radius 2 is 1.44 bits per heavy atom. The first-order valence-electron chi connectivity index (χ1n) is 34.4. The molecule has 90 heavy (non-hydrogen) atoms. The zero-order valence-corrected chi connectivity index (χ0v) is 51.9. The molecule has 11 aliphatic carbocycles. The molecule has 13 heteroatoms. The van der Waals surface area contributed by atoms with Gasteiger partial charge in [-0.3, -0.25) is 10.5 Å². The number of aromatic nitrogens is 1. The standard InChI is InChI=1S/C77H90N2O11/c78-43-89-62-32-44(15-19-59(62)84)14-18-58(83)54-34-46(33-45-16-17-50(82)38-60(45)85)53-35-47-36-57(65(66(53)68(54)87)55-39-61(86)69(88)70(64(47)55)90-76(25-7-8-26-76)48-10-9-11-49(81)37-48)77-30-29-72(71(77)52-20-31-79-67(52)51-12-1-2-13-56(51)77)27-28-73(41-72)42-74(21-3-4-22-74)75(63(73)40-80)23-5-6-24-75/h1-2,9-13,15-17,19-20,31-32,37-39,46-47,53-54,57,63,65-66,68,71,79-82,84-88H,3-8,14,18,21-30,33-36,40-43,78H2. The lowest BCUT2D eigenvalue weighted by atomic mass is 9.47. The molecule has 8 saturated carbocycles. The number of H-pyrrole nitrogens is 1. The van der Waals surface area contributed by atoms with E-state index in [1.807, 2.05) is 12.1 Å². The number of nitrogens with two attached hydrogens (primary N) is 1. The highest BCUT2D eigenvalue weighted by Crippen LogP contribution is 2.84. The third-order valence-corrected chi connectivity index (χ3v) is 27.3. The van der Waals surface area contributed by atoms with Crippen LogP contribution in [0.25, 0.3) is 11.3 Å². The number of aliphatic hydroxyl groups is 2. The van der Waals surface area contributed by atoms with Gasteiger partial charge in [-0.15, -0.1) is 0 Å². The Balaban J connectivity index is 0.890. The summed E-state index contributed by atoms with van der Waals surface area (Å²) in [6.07, 6.45) is 22.9. The number of nitrogens with one attached hydrogen (secondary N) is 1. The molecule has 474 valence electrons. The van der Waals surface area contributed by atoms with E-state index in [2.05, 4.69) is 41.5 Å². The van der Waals surface area contributed by atoms with Crippen molar-refractivity contribution in [2.45, 2.75) is 189 Å². The van der Waals surface area contributed by atoms with Gasteiger partial charge in [0.15, 0.2) is 23.0 Å². The van der Waals surface area contributed by atoms with E-state index in [0.717, 1.165) is 67.2 Å². The molecule has 4 spiro atoms. The number of carbonyl (C=O) groups is 1. The fraction of sp³-hybridized carbons (Fsp3) is 0.545. The minimum absolute atomic E-state index is 0.00763. The molecule has 2 bridgehead atoms. The summed E-state index contributed by atoms with van der Waals surface area (Å²) in [6, 6.07) is 30.3. The molecular formula is C77H90N2O11. The third kappa shape index (κ3) is 8.44. The highest BCUT2D eigenvalue weighted by molar-refractivity contribution is 5.82. The highest BCUT2D eigenvalue weighted by atomic mass is 16.5. The summed E-state index contributed by atoms with van der Waals surface area (Å²) in [6.45, 7) is 0.110. The van der Waals surface area contributed by atoms with Gasteiger partial charge in [-0.2, -0.15) is 0 Å². The van der Waals surface area contributed by atoms with Crippen LogP contribution in [-0.2, 0) is 28.7 Å². The van der Waals surface area contributed by atoms with Gasteiger partial charge in [0.1, 0.15) is 35.4 Å². The molecule has 13 nitrogen and oxygen atoms in total. The van der Waals surface area contributed by atoms with Gasteiger partial charge < -0.3 is 55.3 Å². The van der Waals surface area contributed by atoms with E-state index in [-0.39, 0.29) is 129 Å². The predicted molar refractivity (Wildman–Crippen MR) is 342 cm³/mol. The average molecular weight is 1220 g/mol. The van der Waals surface area contributed by atoms with Gasteiger partial charge >= 0.3 is 0 Å². The topological polar surface area (TPSA) is 239 Å². The minimum Gasteiger partial charge on any atom is -0.508 e. The first-order chi connectivity index (χ1) is 43.6. The number of phenolic OH excluding ortho intramolecular Hbond substituents is 6. The Labute approximate surface area is 528 Å². The second-order valence-electron chi connectivity index (χ2n) is 30.7. The van der Waals surface area contributed by atoms with Gasteiger partial charge in [0.05, 0.1) is 6.10 Å². The van der Waals surface area contributed by atoms with E-state index in [9.17, 15) is 40.9 Å². The number of aliphatic hydroxyl groups excluding tert-OH is 2. The lowest BCUT2D eigenvalue weighted by molar-refractivity contribution is -0.136. The van der Waals surface area contributed by atoms with E-state index >= 15 is 4.79 Å². The first-order valence-corrected chi connectivity index (χ1v) is 34.4. The van der Waals surface area contributed by atoms with Crippen LogP contribution >= 0.6 is 0 Å². The number of rotatable bonds is 13. The van der Waals surface area contributed by atoms with E-state index in [1.165, 1.54) is 86.2 Å². The molecule has 0 radical (unpaired) electrons. The van der Waals surface area contributed by atoms with E-state index in [0.29, 0.717) is 50.5 Å². The van der Waals surface area contributed by atoms with Crippen LogP contribution in [0.3, 0.4) is 0 Å². The van der Waals surface area contributed by atoms with Crippen molar-refractivity contribution >= 4 is 5.78 Å². The van der Waals surface area contributed by atoms with Crippen molar-refractivity contribution < 1.29 is 55.1 Å². The number of aromatic amines is 1. The molecule has 6 aromatic rings. The number of Topliss-reactive ketones (excluding diaryl/α,β-unsaturated/α-hetero) is 1. The minimum atomic E-state index is -1.13. The summed E-state index contributed by atoms with van der Waals surface area (Å²) in [4.78, 5) is 19.4. The largest absolute Gasteiger partial charge is 0.508 e. The number of hydrogen-bond donors (Lipinski definition) is 10. The third-order valence-electron chi connectivity index (χ3n) is 27.3. The smallest absolute Gasteiger partial charge is 0.200 e. The molecule has 1 heterocycles. The van der Waals surface area contributed by atoms with Crippen LogP contribution in [0.15, 0.2) is 103 Å². The Kier molecular flexibility index (Phi) is 13.9. The van der Waals surface area contributed by atoms with Crippen LogP contribution in [0.5, 0.6) is 46.0 Å². The summed E-state index contributed by atoms with van der Waals surface area (Å²) < 4.78 is 13.1. The quantitative estimate of drug-likeness (QED) is 0.0384. The Morgan fingerprint density at radius 1 is 0.689 bits per heavy atom. The zero-order valence-electron chi connectivity index (χ0n) is 51.9. The molecule has 5 aromatic carbocycles. The molecule has 8 fully saturated rings. The van der Waals surface area contributed by atoms with Crippen LogP contribution in [0, 0.1) is 57.2 Å². The Hall–Kier alpha value is -6.67. The molecular weight excluding hydrogens is 1130 g/mol. The van der Waals surface area contributed by atoms with Crippen molar-refractivity contribution in [1.29, 1.82) is 0 Å². The summed E-state index contributed by atoms with van der Waals surface area (Å²) in [5, 5.41) is 95.5. The molecule has 1 aromatic heterocycles. The van der Waals surface area contributed by atoms with E-state index < -0.39 is 34.9 Å². The van der Waals surface area contributed by atoms with Crippen molar-refractivity contribution in [3.63, 3.8) is 0 Å². The Bertz CT molecular complexity index is 3780. The van der Waals surface area contributed by atoms with Crippen molar-refractivity contribution in [2.24, 2.45) is 62.9 Å². The van der Waals surface area contributed by atoms with Crippen molar-refractivity contribution in [2.75, 3.05) is 13.3 Å². The molecule has 11 N–H and O–H groups in total. The number of fused-ring (bicyclic) bond motifs is 10. The molecule has 13 unspecified atom stereocenters.